The van der Waals surface area contributed by atoms with E-state index in [9.17, 15) is 9.59 Å². The molecule has 0 radical (unpaired) electrons. The van der Waals surface area contributed by atoms with Gasteiger partial charge in [-0.15, -0.1) is 0 Å². The number of ether oxygens (including phenoxy) is 1. The molecule has 1 saturated carbocycles. The molecular formula is C24H30N2O3. The molecule has 2 N–H and O–H groups in total. The number of hydrogen-bond acceptors (Lipinski definition) is 3. The van der Waals surface area contributed by atoms with E-state index in [0.29, 0.717) is 24.2 Å². The van der Waals surface area contributed by atoms with E-state index in [0.717, 1.165) is 42.6 Å². The summed E-state index contributed by atoms with van der Waals surface area (Å²) in [6.07, 6.45) is 6.05. The van der Waals surface area contributed by atoms with Crippen molar-refractivity contribution in [3.05, 3.63) is 59.2 Å². The first kappa shape index (κ1) is 20.9. The predicted octanol–water partition coefficient (Wildman–Crippen LogP) is 4.49. The summed E-state index contributed by atoms with van der Waals surface area (Å²) in [6.45, 7) is 2.55. The maximum atomic E-state index is 12.5. The number of carbonyl (C=O) groups is 2. The van der Waals surface area contributed by atoms with Crippen LogP contribution in [0.4, 0.5) is 5.69 Å². The molecule has 3 rings (SSSR count). The van der Waals surface area contributed by atoms with Gasteiger partial charge in [-0.1, -0.05) is 43.0 Å². The normalized spacial score (nSPS) is 14.3. The van der Waals surface area contributed by atoms with Gasteiger partial charge in [0.2, 0.25) is 5.91 Å². The summed E-state index contributed by atoms with van der Waals surface area (Å²) in [7, 11) is 1.65. The zero-order valence-electron chi connectivity index (χ0n) is 17.3. The number of aryl methyl sites for hydroxylation is 1. The van der Waals surface area contributed by atoms with Crippen LogP contribution in [0.5, 0.6) is 5.75 Å². The van der Waals surface area contributed by atoms with Crippen LogP contribution in [0.2, 0.25) is 0 Å². The minimum absolute atomic E-state index is 0.0637. The van der Waals surface area contributed by atoms with Crippen LogP contribution in [0.1, 0.15) is 53.6 Å². The lowest BCUT2D eigenvalue weighted by atomic mass is 9.88. The number of nitrogens with one attached hydrogen (secondary N) is 2. The maximum absolute atomic E-state index is 12.5. The molecule has 0 saturated heterocycles. The number of amides is 2. The van der Waals surface area contributed by atoms with Gasteiger partial charge in [0.15, 0.2) is 0 Å². The monoisotopic (exact) mass is 394 g/mol. The highest BCUT2D eigenvalue weighted by Crippen LogP contribution is 2.25. The van der Waals surface area contributed by atoms with E-state index in [4.69, 9.17) is 4.74 Å². The van der Waals surface area contributed by atoms with Crippen molar-refractivity contribution in [1.82, 2.24) is 5.32 Å². The van der Waals surface area contributed by atoms with Gasteiger partial charge in [0, 0.05) is 23.7 Å². The fourth-order valence-electron chi connectivity index (χ4n) is 3.86. The van der Waals surface area contributed by atoms with Gasteiger partial charge < -0.3 is 15.4 Å². The molecule has 0 aliphatic heterocycles. The van der Waals surface area contributed by atoms with E-state index in [-0.39, 0.29) is 17.7 Å². The highest BCUT2D eigenvalue weighted by molar-refractivity contribution is 5.97. The Bertz CT molecular complexity index is 857. The van der Waals surface area contributed by atoms with Gasteiger partial charge in [-0.05, 0) is 56.0 Å². The van der Waals surface area contributed by atoms with Crippen LogP contribution in [0.3, 0.4) is 0 Å². The molecule has 2 aromatic carbocycles. The topological polar surface area (TPSA) is 67.4 Å². The number of rotatable bonds is 7. The van der Waals surface area contributed by atoms with Gasteiger partial charge in [0.25, 0.3) is 5.91 Å². The predicted molar refractivity (Wildman–Crippen MR) is 115 cm³/mol. The number of hydrogen-bond donors (Lipinski definition) is 2. The molecule has 1 fully saturated rings. The lowest BCUT2D eigenvalue weighted by Crippen LogP contribution is -2.27. The Kier molecular flexibility index (Phi) is 7.28. The molecule has 0 atom stereocenters. The third-order valence-corrected chi connectivity index (χ3v) is 5.48. The molecule has 0 heterocycles. The lowest BCUT2D eigenvalue weighted by molar-refractivity contribution is -0.120. The number of anilines is 1. The van der Waals surface area contributed by atoms with E-state index in [1.807, 2.05) is 25.1 Å². The van der Waals surface area contributed by atoms with Crippen molar-refractivity contribution >= 4 is 17.5 Å². The Hall–Kier alpha value is -2.82. The van der Waals surface area contributed by atoms with Gasteiger partial charge >= 0.3 is 0 Å². The maximum Gasteiger partial charge on any atom is 0.251 e. The van der Waals surface area contributed by atoms with E-state index < -0.39 is 0 Å². The van der Waals surface area contributed by atoms with Gasteiger partial charge in [-0.2, -0.15) is 0 Å². The second kappa shape index (κ2) is 10.1. The third-order valence-electron chi connectivity index (χ3n) is 5.48. The zero-order chi connectivity index (χ0) is 20.6. The van der Waals surface area contributed by atoms with Crippen molar-refractivity contribution in [3.8, 4) is 5.75 Å². The van der Waals surface area contributed by atoms with Gasteiger partial charge in [0.1, 0.15) is 5.75 Å². The minimum Gasteiger partial charge on any atom is -0.496 e. The lowest BCUT2D eigenvalue weighted by Gasteiger charge is -2.20. The fraction of sp³-hybridized carbons (Fsp3) is 0.417. The Balaban J connectivity index is 1.55. The summed E-state index contributed by atoms with van der Waals surface area (Å²) in [4.78, 5) is 25.0. The quantitative estimate of drug-likeness (QED) is 0.727. The van der Waals surface area contributed by atoms with Crippen LogP contribution in [-0.4, -0.2) is 25.5 Å². The number of benzene rings is 2. The van der Waals surface area contributed by atoms with Crippen LogP contribution in [0.25, 0.3) is 0 Å². The van der Waals surface area contributed by atoms with E-state index in [1.54, 1.807) is 25.3 Å². The van der Waals surface area contributed by atoms with Crippen molar-refractivity contribution < 1.29 is 14.3 Å². The molecule has 2 amide bonds. The van der Waals surface area contributed by atoms with Crippen LogP contribution >= 0.6 is 0 Å². The first-order valence-corrected chi connectivity index (χ1v) is 10.4. The standard InChI is InChI=1S/C24H30N2O3/c1-17-11-12-22(29-2)19(15-17)13-14-25-23(27)20-9-6-10-21(16-20)26-24(28)18-7-4-3-5-8-18/h6,9-12,15-16,18H,3-5,7-8,13-14H2,1-2H3,(H,25,27)(H,26,28). The van der Waals surface area contributed by atoms with Crippen molar-refractivity contribution in [3.63, 3.8) is 0 Å². The molecule has 2 aromatic rings. The molecule has 0 aromatic heterocycles. The Morgan fingerprint density at radius 3 is 2.62 bits per heavy atom. The van der Waals surface area contributed by atoms with Crippen LogP contribution in [-0.2, 0) is 11.2 Å². The average Bonchev–Trinajstić information content (AvgIpc) is 2.74. The number of methoxy groups -OCH3 is 1. The molecule has 29 heavy (non-hydrogen) atoms. The molecule has 1 aliphatic rings. The largest absolute Gasteiger partial charge is 0.496 e. The molecular weight excluding hydrogens is 364 g/mol. The first-order valence-electron chi connectivity index (χ1n) is 10.4. The van der Waals surface area contributed by atoms with Crippen LogP contribution in [0.15, 0.2) is 42.5 Å². The first-order chi connectivity index (χ1) is 14.1. The van der Waals surface area contributed by atoms with Crippen molar-refractivity contribution in [2.75, 3.05) is 19.0 Å². The van der Waals surface area contributed by atoms with Crippen molar-refractivity contribution in [1.29, 1.82) is 0 Å². The molecule has 5 nitrogen and oxygen atoms in total. The fourth-order valence-corrected chi connectivity index (χ4v) is 3.86. The summed E-state index contributed by atoms with van der Waals surface area (Å²) in [6, 6.07) is 13.2. The molecule has 5 heteroatoms. The molecule has 154 valence electrons. The Morgan fingerprint density at radius 1 is 1.07 bits per heavy atom. The van der Waals surface area contributed by atoms with E-state index in [1.165, 1.54) is 6.42 Å². The average molecular weight is 395 g/mol. The smallest absolute Gasteiger partial charge is 0.251 e. The van der Waals surface area contributed by atoms with Gasteiger partial charge in [-0.3, -0.25) is 9.59 Å². The van der Waals surface area contributed by atoms with Crippen molar-refractivity contribution in [2.45, 2.75) is 45.4 Å². The van der Waals surface area contributed by atoms with Crippen LogP contribution in [0, 0.1) is 12.8 Å². The van der Waals surface area contributed by atoms with E-state index >= 15 is 0 Å². The summed E-state index contributed by atoms with van der Waals surface area (Å²) in [5, 5.41) is 5.93. The summed E-state index contributed by atoms with van der Waals surface area (Å²) in [5.74, 6) is 0.835. The zero-order valence-corrected chi connectivity index (χ0v) is 17.3. The summed E-state index contributed by atoms with van der Waals surface area (Å²) < 4.78 is 5.39. The summed E-state index contributed by atoms with van der Waals surface area (Å²) in [5.41, 5.74) is 3.45. The van der Waals surface area contributed by atoms with Gasteiger partial charge in [-0.25, -0.2) is 0 Å². The Labute approximate surface area is 172 Å². The van der Waals surface area contributed by atoms with Gasteiger partial charge in [0.05, 0.1) is 7.11 Å². The second-order valence-electron chi connectivity index (χ2n) is 7.73. The van der Waals surface area contributed by atoms with E-state index in [2.05, 4.69) is 16.7 Å². The highest BCUT2D eigenvalue weighted by Gasteiger charge is 2.21. The van der Waals surface area contributed by atoms with Crippen LogP contribution < -0.4 is 15.4 Å². The number of carbonyl (C=O) groups excluding carboxylic acids is 2. The minimum atomic E-state index is -0.148. The highest BCUT2D eigenvalue weighted by atomic mass is 16.5. The Morgan fingerprint density at radius 2 is 1.86 bits per heavy atom. The molecule has 1 aliphatic carbocycles. The summed E-state index contributed by atoms with van der Waals surface area (Å²) >= 11 is 0. The molecule has 0 bridgehead atoms. The van der Waals surface area contributed by atoms with Crippen molar-refractivity contribution in [2.24, 2.45) is 5.92 Å². The second-order valence-corrected chi connectivity index (χ2v) is 7.73. The molecule has 0 unspecified atom stereocenters. The molecule has 0 spiro atoms. The SMILES string of the molecule is COc1ccc(C)cc1CCNC(=O)c1cccc(NC(=O)C2CCCCC2)c1. The third kappa shape index (κ3) is 5.83.